The largest absolute Gasteiger partial charge is 0.372 e. The highest BCUT2D eigenvalue weighted by atomic mass is 19.1. The Kier molecular flexibility index (Phi) is 5.47. The third-order valence-corrected chi connectivity index (χ3v) is 3.66. The molecule has 0 saturated carbocycles. The Labute approximate surface area is 139 Å². The van der Waals surface area contributed by atoms with Crippen molar-refractivity contribution in [1.82, 2.24) is 0 Å². The monoisotopic (exact) mass is 331 g/mol. The Morgan fingerprint density at radius 1 is 1.17 bits per heavy atom. The van der Waals surface area contributed by atoms with Crippen molar-refractivity contribution in [3.8, 4) is 0 Å². The number of hydrogen-bond donors (Lipinski definition) is 1. The molecular weight excluding hydrogens is 313 g/mol. The molecule has 0 saturated heterocycles. The van der Waals surface area contributed by atoms with Crippen LogP contribution in [-0.4, -0.2) is 23.9 Å². The first kappa shape index (κ1) is 17.4. The number of rotatable bonds is 6. The first-order valence-corrected chi connectivity index (χ1v) is 7.56. The molecule has 2 aromatic carbocycles. The van der Waals surface area contributed by atoms with Gasteiger partial charge in [-0.25, -0.2) is 0 Å². The number of carbonyl (C=O) groups is 1. The van der Waals surface area contributed by atoms with E-state index >= 15 is 0 Å². The van der Waals surface area contributed by atoms with Gasteiger partial charge in [0.1, 0.15) is 0 Å². The third kappa shape index (κ3) is 3.87. The fourth-order valence-electron chi connectivity index (χ4n) is 2.35. The van der Waals surface area contributed by atoms with Gasteiger partial charge in [-0.15, -0.1) is 0 Å². The Morgan fingerprint density at radius 3 is 2.33 bits per heavy atom. The molecule has 0 aliphatic carbocycles. The van der Waals surface area contributed by atoms with E-state index in [1.807, 2.05) is 26.0 Å². The molecule has 6 nitrogen and oxygen atoms in total. The van der Waals surface area contributed by atoms with E-state index in [0.29, 0.717) is 5.56 Å². The number of amides is 1. The first-order chi connectivity index (χ1) is 11.5. The molecule has 7 heteroatoms. The summed E-state index contributed by atoms with van der Waals surface area (Å²) in [5.41, 5.74) is 0.914. The SMILES string of the molecule is CCN(CC)c1ccc(C(=O)Nc2ccc(F)c([N+](=O)[O-])c2)cc1. The lowest BCUT2D eigenvalue weighted by molar-refractivity contribution is -0.387. The van der Waals surface area contributed by atoms with Crippen LogP contribution in [0.25, 0.3) is 0 Å². The summed E-state index contributed by atoms with van der Waals surface area (Å²) in [7, 11) is 0. The molecule has 0 atom stereocenters. The van der Waals surface area contributed by atoms with Gasteiger partial charge in [0.05, 0.1) is 4.92 Å². The normalized spacial score (nSPS) is 10.3. The van der Waals surface area contributed by atoms with Gasteiger partial charge in [-0.3, -0.25) is 14.9 Å². The smallest absolute Gasteiger partial charge is 0.306 e. The predicted molar refractivity (Wildman–Crippen MR) is 91.0 cm³/mol. The number of anilines is 2. The van der Waals surface area contributed by atoms with Crippen molar-refractivity contribution in [2.75, 3.05) is 23.3 Å². The Morgan fingerprint density at radius 2 is 1.79 bits per heavy atom. The third-order valence-electron chi connectivity index (χ3n) is 3.66. The first-order valence-electron chi connectivity index (χ1n) is 7.56. The lowest BCUT2D eigenvalue weighted by atomic mass is 10.1. The van der Waals surface area contributed by atoms with Crippen molar-refractivity contribution in [3.05, 3.63) is 64.0 Å². The lowest BCUT2D eigenvalue weighted by Crippen LogP contribution is -2.21. The number of nitrogens with one attached hydrogen (secondary N) is 1. The molecule has 0 aliphatic rings. The van der Waals surface area contributed by atoms with Crippen molar-refractivity contribution in [1.29, 1.82) is 0 Å². The van der Waals surface area contributed by atoms with E-state index in [1.165, 1.54) is 6.07 Å². The highest BCUT2D eigenvalue weighted by molar-refractivity contribution is 6.04. The van der Waals surface area contributed by atoms with Crippen LogP contribution in [0, 0.1) is 15.9 Å². The molecule has 126 valence electrons. The van der Waals surface area contributed by atoms with E-state index in [4.69, 9.17) is 0 Å². The summed E-state index contributed by atoms with van der Waals surface area (Å²) >= 11 is 0. The molecule has 0 fully saturated rings. The predicted octanol–water partition coefficient (Wildman–Crippen LogP) is 3.83. The topological polar surface area (TPSA) is 75.5 Å². The molecule has 0 spiro atoms. The Hall–Kier alpha value is -2.96. The van der Waals surface area contributed by atoms with Crippen molar-refractivity contribution < 1.29 is 14.1 Å². The van der Waals surface area contributed by atoms with Crippen LogP contribution < -0.4 is 10.2 Å². The van der Waals surface area contributed by atoms with Gasteiger partial charge in [0.15, 0.2) is 0 Å². The van der Waals surface area contributed by atoms with E-state index in [2.05, 4.69) is 10.2 Å². The summed E-state index contributed by atoms with van der Waals surface area (Å²) in [6.45, 7) is 5.82. The quantitative estimate of drug-likeness (QED) is 0.645. The minimum atomic E-state index is -0.943. The zero-order chi connectivity index (χ0) is 17.7. The van der Waals surface area contributed by atoms with Gasteiger partial charge in [0, 0.05) is 36.1 Å². The summed E-state index contributed by atoms with van der Waals surface area (Å²) in [4.78, 5) is 24.3. The molecule has 0 radical (unpaired) electrons. The molecule has 2 rings (SSSR count). The van der Waals surface area contributed by atoms with Crippen molar-refractivity contribution in [3.63, 3.8) is 0 Å². The lowest BCUT2D eigenvalue weighted by Gasteiger charge is -2.21. The molecule has 1 N–H and O–H groups in total. The number of nitrogens with zero attached hydrogens (tertiary/aromatic N) is 2. The minimum Gasteiger partial charge on any atom is -0.372 e. The van der Waals surface area contributed by atoms with Crippen LogP contribution in [0.3, 0.4) is 0 Å². The number of hydrogen-bond acceptors (Lipinski definition) is 4. The van der Waals surface area contributed by atoms with Gasteiger partial charge >= 0.3 is 5.69 Å². The standard InChI is InChI=1S/C17H18FN3O3/c1-3-20(4-2)14-8-5-12(6-9-14)17(22)19-13-7-10-15(18)16(11-13)21(23)24/h5-11H,3-4H2,1-2H3,(H,19,22). The second kappa shape index (κ2) is 7.54. The fraction of sp³-hybridized carbons (Fsp3) is 0.235. The van der Waals surface area contributed by atoms with Crippen LogP contribution in [0.2, 0.25) is 0 Å². The van der Waals surface area contributed by atoms with E-state index in [1.54, 1.807) is 12.1 Å². The highest BCUT2D eigenvalue weighted by Gasteiger charge is 2.16. The Balaban J connectivity index is 2.15. The van der Waals surface area contributed by atoms with Gasteiger partial charge in [0.2, 0.25) is 5.82 Å². The van der Waals surface area contributed by atoms with Crippen LogP contribution in [0.15, 0.2) is 42.5 Å². The van der Waals surface area contributed by atoms with Crippen LogP contribution >= 0.6 is 0 Å². The number of nitro benzene ring substituents is 1. The van der Waals surface area contributed by atoms with E-state index in [-0.39, 0.29) is 5.69 Å². The van der Waals surface area contributed by atoms with E-state index < -0.39 is 22.3 Å². The summed E-state index contributed by atoms with van der Waals surface area (Å²) in [5.74, 6) is -1.36. The Bertz CT molecular complexity index is 743. The second-order valence-corrected chi connectivity index (χ2v) is 5.10. The molecule has 24 heavy (non-hydrogen) atoms. The minimum absolute atomic E-state index is 0.168. The average Bonchev–Trinajstić information content (AvgIpc) is 2.58. The van der Waals surface area contributed by atoms with Crippen molar-refractivity contribution >= 4 is 23.0 Å². The van der Waals surface area contributed by atoms with Crippen LogP contribution in [0.4, 0.5) is 21.5 Å². The molecule has 1 amide bonds. The summed E-state index contributed by atoms with van der Waals surface area (Å²) in [6.07, 6.45) is 0. The maximum Gasteiger partial charge on any atom is 0.306 e. The maximum atomic E-state index is 13.3. The second-order valence-electron chi connectivity index (χ2n) is 5.10. The van der Waals surface area contributed by atoms with Gasteiger partial charge in [0.25, 0.3) is 5.91 Å². The zero-order valence-corrected chi connectivity index (χ0v) is 13.5. The van der Waals surface area contributed by atoms with Gasteiger partial charge in [-0.2, -0.15) is 4.39 Å². The zero-order valence-electron chi connectivity index (χ0n) is 13.5. The number of carbonyl (C=O) groups excluding carboxylic acids is 1. The molecule has 0 heterocycles. The average molecular weight is 331 g/mol. The molecule has 0 unspecified atom stereocenters. The molecular formula is C17H18FN3O3. The van der Waals surface area contributed by atoms with Crippen LogP contribution in [-0.2, 0) is 0 Å². The summed E-state index contributed by atoms with van der Waals surface area (Å²) in [5, 5.41) is 13.3. The molecule has 0 aliphatic heterocycles. The molecule has 0 aromatic heterocycles. The number of nitro groups is 1. The summed E-state index contributed by atoms with van der Waals surface area (Å²) in [6, 6.07) is 10.3. The van der Waals surface area contributed by atoms with Crippen molar-refractivity contribution in [2.24, 2.45) is 0 Å². The fourth-order valence-corrected chi connectivity index (χ4v) is 2.35. The van der Waals surface area contributed by atoms with Gasteiger partial charge in [-0.1, -0.05) is 0 Å². The molecule has 0 bridgehead atoms. The van der Waals surface area contributed by atoms with Crippen molar-refractivity contribution in [2.45, 2.75) is 13.8 Å². The number of halogens is 1. The van der Waals surface area contributed by atoms with Gasteiger partial charge < -0.3 is 10.2 Å². The van der Waals surface area contributed by atoms with E-state index in [0.717, 1.165) is 30.9 Å². The van der Waals surface area contributed by atoms with Crippen LogP contribution in [0.5, 0.6) is 0 Å². The summed E-state index contributed by atoms with van der Waals surface area (Å²) < 4.78 is 13.3. The highest BCUT2D eigenvalue weighted by Crippen LogP contribution is 2.22. The van der Waals surface area contributed by atoms with Crippen LogP contribution in [0.1, 0.15) is 24.2 Å². The number of benzene rings is 2. The maximum absolute atomic E-state index is 13.3. The molecule has 2 aromatic rings. The van der Waals surface area contributed by atoms with E-state index in [9.17, 15) is 19.3 Å². The van der Waals surface area contributed by atoms with Gasteiger partial charge in [-0.05, 0) is 50.2 Å².